The Kier molecular flexibility index (Phi) is 5.64. The van der Waals surface area contributed by atoms with E-state index < -0.39 is 0 Å². The van der Waals surface area contributed by atoms with Crippen molar-refractivity contribution in [3.63, 3.8) is 0 Å². The SMILES string of the molecule is C/C=C\Nc1c(C=O)cnc2[nH]ccc12.CCC. The predicted octanol–water partition coefficient (Wildman–Crippen LogP) is 3.74. The van der Waals surface area contributed by atoms with Crippen molar-refractivity contribution in [1.29, 1.82) is 0 Å². The number of hydrogen-bond acceptors (Lipinski definition) is 3. The lowest BCUT2D eigenvalue weighted by atomic mass is 10.2. The van der Waals surface area contributed by atoms with Crippen molar-refractivity contribution in [2.75, 3.05) is 5.32 Å². The number of fused-ring (bicyclic) bond motifs is 1. The molecule has 2 rings (SSSR count). The molecule has 0 aliphatic heterocycles. The molecule has 0 bridgehead atoms. The largest absolute Gasteiger partial charge is 0.361 e. The lowest BCUT2D eigenvalue weighted by Crippen LogP contribution is -1.95. The van der Waals surface area contributed by atoms with E-state index >= 15 is 0 Å². The number of hydrogen-bond donors (Lipinski definition) is 2. The maximum atomic E-state index is 10.8. The molecule has 0 atom stereocenters. The van der Waals surface area contributed by atoms with Gasteiger partial charge < -0.3 is 10.3 Å². The number of carbonyl (C=O) groups excluding carboxylic acids is 1. The van der Waals surface area contributed by atoms with Gasteiger partial charge in [-0.3, -0.25) is 4.79 Å². The van der Waals surface area contributed by atoms with Crippen LogP contribution in [0.15, 0.2) is 30.7 Å². The fourth-order valence-electron chi connectivity index (χ4n) is 1.44. The van der Waals surface area contributed by atoms with Crippen LogP contribution in [-0.2, 0) is 0 Å². The number of aromatic nitrogens is 2. The molecule has 4 nitrogen and oxygen atoms in total. The highest BCUT2D eigenvalue weighted by Crippen LogP contribution is 2.23. The molecule has 2 aromatic rings. The number of nitrogens with one attached hydrogen (secondary N) is 2. The van der Waals surface area contributed by atoms with E-state index in [0.29, 0.717) is 5.56 Å². The Hall–Kier alpha value is -2.10. The van der Waals surface area contributed by atoms with Crippen molar-refractivity contribution in [2.24, 2.45) is 0 Å². The standard InChI is InChI=1S/C11H11N3O.C3H8/c1-2-4-12-10-8(7-15)6-14-11-9(10)3-5-13-11;1-3-2/h2-7H,1H3,(H2,12,13,14);3H2,1-2H3/b4-2-;. The summed E-state index contributed by atoms with van der Waals surface area (Å²) in [4.78, 5) is 18.0. The first kappa shape index (κ1) is 14.0. The molecule has 96 valence electrons. The van der Waals surface area contributed by atoms with Gasteiger partial charge in [0.2, 0.25) is 0 Å². The van der Waals surface area contributed by atoms with Gasteiger partial charge in [-0.25, -0.2) is 4.98 Å². The van der Waals surface area contributed by atoms with Crippen molar-refractivity contribution in [2.45, 2.75) is 27.2 Å². The Bertz CT molecular complexity index is 529. The van der Waals surface area contributed by atoms with Crippen LogP contribution in [0.3, 0.4) is 0 Å². The summed E-state index contributed by atoms with van der Waals surface area (Å²) in [6, 6.07) is 1.89. The number of rotatable bonds is 3. The van der Waals surface area contributed by atoms with E-state index in [1.807, 2.05) is 19.1 Å². The van der Waals surface area contributed by atoms with Gasteiger partial charge in [-0.1, -0.05) is 26.3 Å². The second-order valence-electron chi connectivity index (χ2n) is 3.80. The van der Waals surface area contributed by atoms with Gasteiger partial charge in [0.05, 0.1) is 11.3 Å². The third-order valence-corrected chi connectivity index (χ3v) is 2.14. The van der Waals surface area contributed by atoms with Gasteiger partial charge in [0.25, 0.3) is 0 Å². The second kappa shape index (κ2) is 7.27. The Balaban J connectivity index is 0.000000492. The molecule has 0 aliphatic carbocycles. The topological polar surface area (TPSA) is 57.8 Å². The molecule has 4 heteroatoms. The maximum Gasteiger partial charge on any atom is 0.153 e. The zero-order valence-electron chi connectivity index (χ0n) is 11.0. The summed E-state index contributed by atoms with van der Waals surface area (Å²) < 4.78 is 0. The van der Waals surface area contributed by atoms with E-state index in [9.17, 15) is 4.79 Å². The monoisotopic (exact) mass is 245 g/mol. The van der Waals surface area contributed by atoms with Crippen LogP contribution in [0.5, 0.6) is 0 Å². The van der Waals surface area contributed by atoms with Crippen LogP contribution in [0.4, 0.5) is 5.69 Å². The molecule has 0 amide bonds. The minimum Gasteiger partial charge on any atom is -0.361 e. The van der Waals surface area contributed by atoms with E-state index in [1.165, 1.54) is 6.42 Å². The van der Waals surface area contributed by atoms with Crippen LogP contribution in [0, 0.1) is 0 Å². The fraction of sp³-hybridized carbons (Fsp3) is 0.286. The maximum absolute atomic E-state index is 10.8. The molecule has 0 saturated heterocycles. The molecule has 18 heavy (non-hydrogen) atoms. The lowest BCUT2D eigenvalue weighted by molar-refractivity contribution is 0.112. The van der Waals surface area contributed by atoms with Gasteiger partial charge in [-0.05, 0) is 19.2 Å². The normalized spacial score (nSPS) is 10.2. The Morgan fingerprint density at radius 1 is 1.44 bits per heavy atom. The van der Waals surface area contributed by atoms with Crippen LogP contribution in [-0.4, -0.2) is 16.3 Å². The molecule has 0 fully saturated rings. The summed E-state index contributed by atoms with van der Waals surface area (Å²) in [6.45, 7) is 6.16. The van der Waals surface area contributed by atoms with Crippen LogP contribution >= 0.6 is 0 Å². The number of pyridine rings is 1. The second-order valence-corrected chi connectivity index (χ2v) is 3.80. The summed E-state index contributed by atoms with van der Waals surface area (Å²) >= 11 is 0. The predicted molar refractivity (Wildman–Crippen MR) is 75.9 cm³/mol. The quantitative estimate of drug-likeness (QED) is 0.810. The third-order valence-electron chi connectivity index (χ3n) is 2.14. The Morgan fingerprint density at radius 2 is 2.17 bits per heavy atom. The third kappa shape index (κ3) is 3.20. The summed E-state index contributed by atoms with van der Waals surface area (Å²) in [5, 5.41) is 3.99. The number of nitrogens with zero attached hydrogens (tertiary/aromatic N) is 1. The smallest absolute Gasteiger partial charge is 0.153 e. The minimum atomic E-state index is 0.556. The number of carbonyl (C=O) groups is 1. The number of aromatic amines is 1. The summed E-state index contributed by atoms with van der Waals surface area (Å²) in [7, 11) is 0. The van der Waals surface area contributed by atoms with Crippen LogP contribution in [0.2, 0.25) is 0 Å². The number of anilines is 1. The van der Waals surface area contributed by atoms with Crippen molar-refractivity contribution < 1.29 is 4.79 Å². The van der Waals surface area contributed by atoms with Gasteiger partial charge in [0.1, 0.15) is 5.65 Å². The molecule has 0 saturated carbocycles. The van der Waals surface area contributed by atoms with E-state index in [0.717, 1.165) is 23.0 Å². The van der Waals surface area contributed by atoms with Gasteiger partial charge in [-0.2, -0.15) is 0 Å². The van der Waals surface area contributed by atoms with Crippen LogP contribution < -0.4 is 5.32 Å². The molecule has 0 aromatic carbocycles. The van der Waals surface area contributed by atoms with E-state index in [4.69, 9.17) is 0 Å². The first-order valence-corrected chi connectivity index (χ1v) is 6.07. The number of allylic oxidation sites excluding steroid dienone is 1. The summed E-state index contributed by atoms with van der Waals surface area (Å²) in [5.74, 6) is 0. The van der Waals surface area contributed by atoms with Crippen LogP contribution in [0.25, 0.3) is 11.0 Å². The van der Waals surface area contributed by atoms with Gasteiger partial charge >= 0.3 is 0 Å². The highest BCUT2D eigenvalue weighted by Gasteiger charge is 2.07. The molecule has 2 N–H and O–H groups in total. The first-order chi connectivity index (χ1) is 8.78. The van der Waals surface area contributed by atoms with E-state index in [1.54, 1.807) is 18.6 Å². The highest BCUT2D eigenvalue weighted by molar-refractivity contribution is 5.99. The van der Waals surface area contributed by atoms with Gasteiger partial charge in [-0.15, -0.1) is 0 Å². The number of H-pyrrole nitrogens is 1. The van der Waals surface area contributed by atoms with Crippen LogP contribution in [0.1, 0.15) is 37.6 Å². The first-order valence-electron chi connectivity index (χ1n) is 6.07. The molecule has 0 spiro atoms. The van der Waals surface area contributed by atoms with Crippen molar-refractivity contribution in [1.82, 2.24) is 9.97 Å². The van der Waals surface area contributed by atoms with Gasteiger partial charge in [0.15, 0.2) is 6.29 Å². The van der Waals surface area contributed by atoms with E-state index in [-0.39, 0.29) is 0 Å². The molecule has 0 radical (unpaired) electrons. The summed E-state index contributed by atoms with van der Waals surface area (Å²) in [6.07, 6.45) is 9.05. The molecule has 2 heterocycles. The van der Waals surface area contributed by atoms with Crippen molar-refractivity contribution in [3.05, 3.63) is 36.3 Å². The number of aldehydes is 1. The van der Waals surface area contributed by atoms with Crippen molar-refractivity contribution in [3.8, 4) is 0 Å². The lowest BCUT2D eigenvalue weighted by Gasteiger charge is -2.05. The highest BCUT2D eigenvalue weighted by atomic mass is 16.1. The molecular formula is C14H19N3O. The molecule has 0 aliphatic rings. The minimum absolute atomic E-state index is 0.556. The zero-order chi connectivity index (χ0) is 13.4. The Labute approximate surface area is 107 Å². The van der Waals surface area contributed by atoms with Gasteiger partial charge in [0, 0.05) is 17.8 Å². The average Bonchev–Trinajstić information content (AvgIpc) is 2.85. The Morgan fingerprint density at radius 3 is 2.78 bits per heavy atom. The summed E-state index contributed by atoms with van der Waals surface area (Å²) in [5.41, 5.74) is 2.11. The molecular weight excluding hydrogens is 226 g/mol. The fourth-order valence-corrected chi connectivity index (χ4v) is 1.44. The average molecular weight is 245 g/mol. The van der Waals surface area contributed by atoms with E-state index in [2.05, 4.69) is 29.1 Å². The zero-order valence-corrected chi connectivity index (χ0v) is 11.0. The molecule has 2 aromatic heterocycles. The molecule has 0 unspecified atom stereocenters. The van der Waals surface area contributed by atoms with Crippen molar-refractivity contribution >= 4 is 23.0 Å².